The Kier molecular flexibility index (Phi) is 4.37. The minimum atomic E-state index is -0.401. The number of hydrogen-bond acceptors (Lipinski definition) is 3. The molecule has 5 heteroatoms. The average Bonchev–Trinajstić information content (AvgIpc) is 2.86. The van der Waals surface area contributed by atoms with E-state index < -0.39 is 6.10 Å². The van der Waals surface area contributed by atoms with E-state index in [0.29, 0.717) is 18.8 Å². The normalized spacial score (nSPS) is 20.4. The largest absolute Gasteiger partial charge is 0.484 e. The van der Waals surface area contributed by atoms with Crippen molar-refractivity contribution in [3.05, 3.63) is 30.1 Å². The van der Waals surface area contributed by atoms with Gasteiger partial charge in [-0.25, -0.2) is 4.39 Å². The predicted octanol–water partition coefficient (Wildman–Crippen LogP) is 1.43. The molecule has 0 aliphatic carbocycles. The number of rotatable bonds is 4. The Labute approximate surface area is 111 Å². The monoisotopic (exact) mass is 267 g/mol. The molecular formula is C14H18FNO3. The molecule has 19 heavy (non-hydrogen) atoms. The average molecular weight is 267 g/mol. The fraction of sp³-hybridized carbons (Fsp3) is 0.500. The molecule has 1 aromatic rings. The van der Waals surface area contributed by atoms with Crippen molar-refractivity contribution in [2.45, 2.75) is 19.4 Å². The van der Waals surface area contributed by atoms with Gasteiger partial charge < -0.3 is 14.7 Å². The first-order chi connectivity index (χ1) is 9.06. The zero-order valence-electron chi connectivity index (χ0n) is 10.9. The van der Waals surface area contributed by atoms with Crippen LogP contribution >= 0.6 is 0 Å². The molecule has 1 amide bonds. The summed E-state index contributed by atoms with van der Waals surface area (Å²) in [5.74, 6) is -0.0366. The van der Waals surface area contributed by atoms with Crippen LogP contribution in [0.4, 0.5) is 4.39 Å². The quantitative estimate of drug-likeness (QED) is 0.898. The van der Waals surface area contributed by atoms with Gasteiger partial charge in [0.05, 0.1) is 6.10 Å². The van der Waals surface area contributed by atoms with Crippen LogP contribution in [0.5, 0.6) is 5.75 Å². The van der Waals surface area contributed by atoms with Gasteiger partial charge in [0.15, 0.2) is 6.61 Å². The zero-order chi connectivity index (χ0) is 13.8. The van der Waals surface area contributed by atoms with Gasteiger partial charge in [0.25, 0.3) is 5.91 Å². The molecule has 1 N–H and O–H groups in total. The molecule has 1 saturated heterocycles. The summed E-state index contributed by atoms with van der Waals surface area (Å²) in [5.41, 5.74) is 0. The number of benzene rings is 1. The number of aliphatic hydroxyl groups excluding tert-OH is 1. The van der Waals surface area contributed by atoms with Gasteiger partial charge in [0.2, 0.25) is 0 Å². The van der Waals surface area contributed by atoms with Gasteiger partial charge in [-0.3, -0.25) is 4.79 Å². The standard InChI is InChI=1S/C14H18FNO3/c1-10(17)11-5-6-16(8-11)14(18)9-19-13-4-2-3-12(15)7-13/h2-4,7,10-11,17H,5-6,8-9H2,1H3. The predicted molar refractivity (Wildman–Crippen MR) is 68.3 cm³/mol. The molecule has 1 aliphatic heterocycles. The minimum Gasteiger partial charge on any atom is -0.484 e. The minimum absolute atomic E-state index is 0.101. The Balaban J connectivity index is 1.82. The Bertz CT molecular complexity index is 450. The molecule has 1 heterocycles. The van der Waals surface area contributed by atoms with Gasteiger partial charge in [-0.1, -0.05) is 6.07 Å². The summed E-state index contributed by atoms with van der Waals surface area (Å²) in [6.07, 6.45) is 0.408. The SMILES string of the molecule is CC(O)C1CCN(C(=O)COc2cccc(F)c2)C1. The van der Waals surface area contributed by atoms with Crippen LogP contribution in [0, 0.1) is 11.7 Å². The van der Waals surface area contributed by atoms with E-state index in [1.807, 2.05) is 0 Å². The molecule has 0 spiro atoms. The third-order valence-corrected chi connectivity index (χ3v) is 3.42. The second-order valence-corrected chi connectivity index (χ2v) is 4.88. The molecule has 0 aromatic heterocycles. The summed E-state index contributed by atoms with van der Waals surface area (Å²) in [5, 5.41) is 9.48. The Hall–Kier alpha value is -1.62. The maximum Gasteiger partial charge on any atom is 0.260 e. The zero-order valence-corrected chi connectivity index (χ0v) is 10.9. The highest BCUT2D eigenvalue weighted by molar-refractivity contribution is 5.78. The Morgan fingerprint density at radius 1 is 1.63 bits per heavy atom. The van der Waals surface area contributed by atoms with E-state index >= 15 is 0 Å². The highest BCUT2D eigenvalue weighted by Gasteiger charge is 2.29. The van der Waals surface area contributed by atoms with E-state index in [-0.39, 0.29) is 24.2 Å². The van der Waals surface area contributed by atoms with Crippen molar-refractivity contribution in [2.24, 2.45) is 5.92 Å². The van der Waals surface area contributed by atoms with Crippen molar-refractivity contribution in [1.29, 1.82) is 0 Å². The first-order valence-corrected chi connectivity index (χ1v) is 6.40. The van der Waals surface area contributed by atoms with Gasteiger partial charge in [0, 0.05) is 25.1 Å². The number of nitrogens with zero attached hydrogens (tertiary/aromatic N) is 1. The van der Waals surface area contributed by atoms with Crippen LogP contribution in [0.2, 0.25) is 0 Å². The van der Waals surface area contributed by atoms with E-state index in [0.717, 1.165) is 6.42 Å². The van der Waals surface area contributed by atoms with E-state index in [4.69, 9.17) is 4.74 Å². The number of aliphatic hydroxyl groups is 1. The summed E-state index contributed by atoms with van der Waals surface area (Å²) >= 11 is 0. The van der Waals surface area contributed by atoms with E-state index in [2.05, 4.69) is 0 Å². The molecule has 2 rings (SSSR count). The first kappa shape index (κ1) is 13.8. The van der Waals surface area contributed by atoms with Crippen LogP contribution in [-0.4, -0.2) is 41.7 Å². The third kappa shape index (κ3) is 3.67. The summed E-state index contributed by atoms with van der Waals surface area (Å²) < 4.78 is 18.2. The van der Waals surface area contributed by atoms with Crippen molar-refractivity contribution < 1.29 is 19.0 Å². The maximum absolute atomic E-state index is 12.9. The van der Waals surface area contributed by atoms with Crippen molar-refractivity contribution >= 4 is 5.91 Å². The maximum atomic E-state index is 12.9. The smallest absolute Gasteiger partial charge is 0.260 e. The lowest BCUT2D eigenvalue weighted by Gasteiger charge is -2.18. The lowest BCUT2D eigenvalue weighted by Crippen LogP contribution is -2.34. The van der Waals surface area contributed by atoms with Crippen LogP contribution < -0.4 is 4.74 Å². The Morgan fingerprint density at radius 3 is 3.05 bits per heavy atom. The first-order valence-electron chi connectivity index (χ1n) is 6.40. The molecule has 2 atom stereocenters. The van der Waals surface area contributed by atoms with Gasteiger partial charge in [-0.2, -0.15) is 0 Å². The van der Waals surface area contributed by atoms with E-state index in [1.54, 1.807) is 17.9 Å². The molecule has 0 saturated carbocycles. The number of hydrogen-bond donors (Lipinski definition) is 1. The molecule has 1 fully saturated rings. The lowest BCUT2D eigenvalue weighted by molar-refractivity contribution is -0.132. The topological polar surface area (TPSA) is 49.8 Å². The second kappa shape index (κ2) is 6.02. The van der Waals surface area contributed by atoms with Crippen LogP contribution in [-0.2, 0) is 4.79 Å². The van der Waals surface area contributed by atoms with Gasteiger partial charge in [-0.15, -0.1) is 0 Å². The Morgan fingerprint density at radius 2 is 2.42 bits per heavy atom. The van der Waals surface area contributed by atoms with Gasteiger partial charge >= 0.3 is 0 Å². The summed E-state index contributed by atoms with van der Waals surface area (Å²) in [7, 11) is 0. The van der Waals surface area contributed by atoms with Gasteiger partial charge in [0.1, 0.15) is 11.6 Å². The summed E-state index contributed by atoms with van der Waals surface area (Å²) in [6, 6.07) is 5.71. The molecular weight excluding hydrogens is 249 g/mol. The number of amides is 1. The van der Waals surface area contributed by atoms with Gasteiger partial charge in [-0.05, 0) is 25.5 Å². The molecule has 1 aromatic carbocycles. The molecule has 104 valence electrons. The molecule has 0 bridgehead atoms. The van der Waals surface area contributed by atoms with Crippen LogP contribution in [0.3, 0.4) is 0 Å². The second-order valence-electron chi connectivity index (χ2n) is 4.88. The molecule has 2 unspecified atom stereocenters. The van der Waals surface area contributed by atoms with Crippen molar-refractivity contribution in [3.63, 3.8) is 0 Å². The number of halogens is 1. The van der Waals surface area contributed by atoms with Crippen molar-refractivity contribution in [2.75, 3.05) is 19.7 Å². The highest BCUT2D eigenvalue weighted by atomic mass is 19.1. The highest BCUT2D eigenvalue weighted by Crippen LogP contribution is 2.20. The fourth-order valence-electron chi connectivity index (χ4n) is 2.20. The van der Waals surface area contributed by atoms with Crippen LogP contribution in [0.15, 0.2) is 24.3 Å². The fourth-order valence-corrected chi connectivity index (χ4v) is 2.20. The summed E-state index contributed by atoms with van der Waals surface area (Å²) in [4.78, 5) is 13.6. The van der Waals surface area contributed by atoms with E-state index in [1.165, 1.54) is 18.2 Å². The van der Waals surface area contributed by atoms with Crippen LogP contribution in [0.25, 0.3) is 0 Å². The van der Waals surface area contributed by atoms with Crippen molar-refractivity contribution in [3.8, 4) is 5.75 Å². The van der Waals surface area contributed by atoms with Crippen molar-refractivity contribution in [1.82, 2.24) is 4.90 Å². The number of carbonyl (C=O) groups is 1. The van der Waals surface area contributed by atoms with Crippen LogP contribution in [0.1, 0.15) is 13.3 Å². The molecule has 0 radical (unpaired) electrons. The number of likely N-dealkylation sites (tertiary alicyclic amines) is 1. The number of ether oxygens (including phenoxy) is 1. The molecule has 4 nitrogen and oxygen atoms in total. The summed E-state index contributed by atoms with van der Waals surface area (Å²) in [6.45, 7) is 2.84. The molecule has 1 aliphatic rings. The number of carbonyl (C=O) groups excluding carboxylic acids is 1. The van der Waals surface area contributed by atoms with E-state index in [9.17, 15) is 14.3 Å². The third-order valence-electron chi connectivity index (χ3n) is 3.42. The lowest BCUT2D eigenvalue weighted by atomic mass is 10.0.